The molecule has 4 heteroatoms. The van der Waals surface area contributed by atoms with Gasteiger partial charge < -0.3 is 9.64 Å². The minimum atomic E-state index is -0.970. The molecule has 0 saturated heterocycles. The Morgan fingerprint density at radius 3 is 2.30 bits per heavy atom. The van der Waals surface area contributed by atoms with Crippen molar-refractivity contribution in [3.63, 3.8) is 0 Å². The summed E-state index contributed by atoms with van der Waals surface area (Å²) in [6, 6.07) is 5.70. The molecule has 20 heavy (non-hydrogen) atoms. The van der Waals surface area contributed by atoms with E-state index in [2.05, 4.69) is 13.8 Å². The van der Waals surface area contributed by atoms with Gasteiger partial charge in [-0.15, -0.1) is 0 Å². The van der Waals surface area contributed by atoms with Crippen LogP contribution in [-0.2, 0) is 4.79 Å². The van der Waals surface area contributed by atoms with E-state index in [1.54, 1.807) is 18.7 Å². The van der Waals surface area contributed by atoms with Crippen molar-refractivity contribution in [3.8, 4) is 5.75 Å². The third kappa shape index (κ3) is 4.51. The van der Waals surface area contributed by atoms with Gasteiger partial charge in [-0.2, -0.15) is 0 Å². The predicted molar refractivity (Wildman–Crippen MR) is 78.2 cm³/mol. The zero-order chi connectivity index (χ0) is 15.3. The maximum absolute atomic E-state index is 12.9. The highest BCUT2D eigenvalue weighted by Gasteiger charge is 2.33. The van der Waals surface area contributed by atoms with Gasteiger partial charge in [0.25, 0.3) is 5.91 Å². The van der Waals surface area contributed by atoms with Crippen LogP contribution >= 0.6 is 0 Å². The van der Waals surface area contributed by atoms with Gasteiger partial charge in [0.1, 0.15) is 11.6 Å². The second kappa shape index (κ2) is 6.73. The number of likely N-dealkylation sites (N-methyl/N-ethyl adjacent to an activating group) is 1. The highest BCUT2D eigenvalue weighted by Crippen LogP contribution is 2.21. The molecule has 112 valence electrons. The highest BCUT2D eigenvalue weighted by atomic mass is 19.1. The SMILES string of the molecule is CCN(CC(C)C)C(=O)C(C)(C)Oc1ccc(F)cc1. The Hall–Kier alpha value is -1.58. The molecule has 0 N–H and O–H groups in total. The van der Waals surface area contributed by atoms with Crippen molar-refractivity contribution in [1.29, 1.82) is 0 Å². The van der Waals surface area contributed by atoms with Gasteiger partial charge in [0.15, 0.2) is 5.60 Å². The summed E-state index contributed by atoms with van der Waals surface area (Å²) in [6.07, 6.45) is 0. The quantitative estimate of drug-likeness (QED) is 0.799. The first-order valence-corrected chi connectivity index (χ1v) is 7.00. The van der Waals surface area contributed by atoms with E-state index in [0.29, 0.717) is 24.8 Å². The highest BCUT2D eigenvalue weighted by molar-refractivity contribution is 5.84. The van der Waals surface area contributed by atoms with Crippen LogP contribution in [-0.4, -0.2) is 29.5 Å². The van der Waals surface area contributed by atoms with Gasteiger partial charge in [-0.05, 0) is 51.0 Å². The smallest absolute Gasteiger partial charge is 0.266 e. The van der Waals surface area contributed by atoms with Crippen LogP contribution in [0.15, 0.2) is 24.3 Å². The monoisotopic (exact) mass is 281 g/mol. The van der Waals surface area contributed by atoms with E-state index in [9.17, 15) is 9.18 Å². The fraction of sp³-hybridized carbons (Fsp3) is 0.562. The van der Waals surface area contributed by atoms with Gasteiger partial charge in [-0.25, -0.2) is 4.39 Å². The molecule has 0 radical (unpaired) electrons. The van der Waals surface area contributed by atoms with Crippen LogP contribution in [0.5, 0.6) is 5.75 Å². The van der Waals surface area contributed by atoms with Crippen molar-refractivity contribution in [2.24, 2.45) is 5.92 Å². The Labute approximate surface area is 120 Å². The summed E-state index contributed by atoms with van der Waals surface area (Å²) in [5, 5.41) is 0. The van der Waals surface area contributed by atoms with E-state index in [-0.39, 0.29) is 11.7 Å². The molecule has 0 bridgehead atoms. The Balaban J connectivity index is 2.80. The van der Waals surface area contributed by atoms with Crippen molar-refractivity contribution >= 4 is 5.91 Å². The maximum atomic E-state index is 12.9. The van der Waals surface area contributed by atoms with Gasteiger partial charge in [-0.1, -0.05) is 13.8 Å². The number of carbonyl (C=O) groups excluding carboxylic acids is 1. The first kappa shape index (κ1) is 16.5. The van der Waals surface area contributed by atoms with Crippen molar-refractivity contribution in [2.45, 2.75) is 40.2 Å². The zero-order valence-electron chi connectivity index (χ0n) is 12.9. The minimum Gasteiger partial charge on any atom is -0.478 e. The summed E-state index contributed by atoms with van der Waals surface area (Å²) >= 11 is 0. The number of ether oxygens (including phenoxy) is 1. The summed E-state index contributed by atoms with van der Waals surface area (Å²) in [5.41, 5.74) is -0.970. The van der Waals surface area contributed by atoms with E-state index in [1.165, 1.54) is 24.3 Å². The number of halogens is 1. The van der Waals surface area contributed by atoms with Crippen molar-refractivity contribution in [2.75, 3.05) is 13.1 Å². The summed E-state index contributed by atoms with van der Waals surface area (Å²) in [7, 11) is 0. The number of nitrogens with zero attached hydrogens (tertiary/aromatic N) is 1. The topological polar surface area (TPSA) is 29.5 Å². The van der Waals surface area contributed by atoms with Crippen molar-refractivity contribution in [3.05, 3.63) is 30.1 Å². The van der Waals surface area contributed by atoms with E-state index in [0.717, 1.165) is 0 Å². The lowest BCUT2D eigenvalue weighted by atomic mass is 10.1. The van der Waals surface area contributed by atoms with Crippen LogP contribution < -0.4 is 4.74 Å². The molecule has 0 aliphatic heterocycles. The second-order valence-electron chi connectivity index (χ2n) is 5.80. The first-order valence-electron chi connectivity index (χ1n) is 7.00. The van der Waals surface area contributed by atoms with Gasteiger partial charge >= 0.3 is 0 Å². The van der Waals surface area contributed by atoms with Gasteiger partial charge in [-0.3, -0.25) is 4.79 Å². The third-order valence-electron chi connectivity index (χ3n) is 2.96. The number of amides is 1. The van der Waals surface area contributed by atoms with E-state index in [1.807, 2.05) is 6.92 Å². The van der Waals surface area contributed by atoms with Crippen LogP contribution in [0.25, 0.3) is 0 Å². The lowest BCUT2D eigenvalue weighted by Crippen LogP contribution is -2.49. The molecular formula is C16H24FNO2. The molecule has 1 aromatic carbocycles. The first-order chi connectivity index (χ1) is 9.26. The van der Waals surface area contributed by atoms with Crippen molar-refractivity contribution in [1.82, 2.24) is 4.90 Å². The average molecular weight is 281 g/mol. The molecule has 0 heterocycles. The van der Waals surface area contributed by atoms with Crippen LogP contribution in [0.4, 0.5) is 4.39 Å². The average Bonchev–Trinajstić information content (AvgIpc) is 2.37. The van der Waals surface area contributed by atoms with E-state index in [4.69, 9.17) is 4.74 Å². The number of hydrogen-bond donors (Lipinski definition) is 0. The normalized spacial score (nSPS) is 11.6. The molecule has 0 aromatic heterocycles. The van der Waals surface area contributed by atoms with Gasteiger partial charge in [0, 0.05) is 13.1 Å². The van der Waals surface area contributed by atoms with Crippen LogP contribution in [0.1, 0.15) is 34.6 Å². The number of carbonyl (C=O) groups is 1. The number of benzene rings is 1. The number of hydrogen-bond acceptors (Lipinski definition) is 2. The fourth-order valence-corrected chi connectivity index (χ4v) is 2.02. The Morgan fingerprint density at radius 1 is 1.30 bits per heavy atom. The van der Waals surface area contributed by atoms with Gasteiger partial charge in [0.2, 0.25) is 0 Å². The standard InChI is InChI=1S/C16H24FNO2/c1-6-18(11-12(2)3)15(19)16(4,5)20-14-9-7-13(17)8-10-14/h7-10,12H,6,11H2,1-5H3. The Bertz CT molecular complexity index is 440. The molecule has 0 unspecified atom stereocenters. The molecule has 0 aliphatic rings. The number of rotatable bonds is 6. The summed E-state index contributed by atoms with van der Waals surface area (Å²) in [4.78, 5) is 14.3. The summed E-state index contributed by atoms with van der Waals surface area (Å²) < 4.78 is 18.6. The Kier molecular flexibility index (Phi) is 5.54. The molecule has 3 nitrogen and oxygen atoms in total. The summed E-state index contributed by atoms with van der Waals surface area (Å²) in [5.74, 6) is 0.514. The van der Waals surface area contributed by atoms with Crippen molar-refractivity contribution < 1.29 is 13.9 Å². The molecule has 0 atom stereocenters. The van der Waals surface area contributed by atoms with Crippen LogP contribution in [0.3, 0.4) is 0 Å². The molecule has 1 rings (SSSR count). The van der Waals surface area contributed by atoms with E-state index >= 15 is 0 Å². The van der Waals surface area contributed by atoms with Gasteiger partial charge in [0.05, 0.1) is 0 Å². The molecule has 1 amide bonds. The summed E-state index contributed by atoms with van der Waals surface area (Å²) in [6.45, 7) is 10.9. The zero-order valence-corrected chi connectivity index (χ0v) is 12.9. The molecule has 1 aromatic rings. The predicted octanol–water partition coefficient (Wildman–Crippen LogP) is 3.49. The fourth-order valence-electron chi connectivity index (χ4n) is 2.02. The Morgan fingerprint density at radius 2 is 1.85 bits per heavy atom. The van der Waals surface area contributed by atoms with Crippen LogP contribution in [0, 0.1) is 11.7 Å². The molecule has 0 aliphatic carbocycles. The molecule has 0 fully saturated rings. The second-order valence-corrected chi connectivity index (χ2v) is 5.80. The lowest BCUT2D eigenvalue weighted by molar-refractivity contribution is -0.145. The largest absolute Gasteiger partial charge is 0.478 e. The molecular weight excluding hydrogens is 257 g/mol. The third-order valence-corrected chi connectivity index (χ3v) is 2.96. The van der Waals surface area contributed by atoms with Crippen LogP contribution in [0.2, 0.25) is 0 Å². The maximum Gasteiger partial charge on any atom is 0.266 e. The minimum absolute atomic E-state index is 0.0574. The van der Waals surface area contributed by atoms with E-state index < -0.39 is 5.60 Å². The lowest BCUT2D eigenvalue weighted by Gasteiger charge is -2.32. The molecule has 0 saturated carbocycles. The molecule has 0 spiro atoms.